The molecular weight excluding hydrogens is 342 g/mol. The number of amides is 4. The average molecular weight is 363 g/mol. The Labute approximate surface area is 157 Å². The molecule has 1 saturated heterocycles. The lowest BCUT2D eigenvalue weighted by atomic mass is 9.82. The second kappa shape index (κ2) is 6.54. The molecule has 0 saturated carbocycles. The zero-order valence-corrected chi connectivity index (χ0v) is 15.0. The van der Waals surface area contributed by atoms with Crippen LogP contribution in [0, 0.1) is 0 Å². The fourth-order valence-corrected chi connectivity index (χ4v) is 3.91. The van der Waals surface area contributed by atoms with Crippen LogP contribution in [0.1, 0.15) is 42.4 Å². The Bertz CT molecular complexity index is 940. The minimum atomic E-state index is -1.14. The number of urea groups is 1. The number of rotatable bonds is 3. The second-order valence-electron chi connectivity index (χ2n) is 7.25. The standard InChI is InChI=1S/C21H21N3O3/c1-21(19(26)23-20(27)24-21)14-8-5-9-15(12-14)22-18(25)17-11-4-7-13-6-2-3-10-16(13)17/h2-3,5-6,8-10,12,17H,4,7,11H2,1H3,(H,22,25)(H2,23,24,26,27)/t17-,21-/m1/s1. The van der Waals surface area contributed by atoms with Crippen molar-refractivity contribution in [2.75, 3.05) is 5.32 Å². The van der Waals surface area contributed by atoms with Crippen molar-refractivity contribution in [3.8, 4) is 0 Å². The number of anilines is 1. The summed E-state index contributed by atoms with van der Waals surface area (Å²) in [6.07, 6.45) is 2.81. The molecule has 27 heavy (non-hydrogen) atoms. The summed E-state index contributed by atoms with van der Waals surface area (Å²) in [5, 5.41) is 7.87. The SMILES string of the molecule is C[C@]1(c2cccc(NC(=O)[C@@H]3CCCc4ccccc43)c2)NC(=O)NC1=O. The first-order valence-electron chi connectivity index (χ1n) is 9.10. The van der Waals surface area contributed by atoms with Gasteiger partial charge in [-0.1, -0.05) is 36.4 Å². The first-order valence-corrected chi connectivity index (χ1v) is 9.10. The molecule has 2 atom stereocenters. The van der Waals surface area contributed by atoms with E-state index in [1.807, 2.05) is 18.2 Å². The van der Waals surface area contributed by atoms with E-state index in [-0.39, 0.29) is 11.8 Å². The van der Waals surface area contributed by atoms with E-state index >= 15 is 0 Å². The zero-order chi connectivity index (χ0) is 19.0. The molecule has 1 aliphatic heterocycles. The highest BCUT2D eigenvalue weighted by Gasteiger charge is 2.43. The molecule has 4 rings (SSSR count). The van der Waals surface area contributed by atoms with Gasteiger partial charge in [0.25, 0.3) is 5.91 Å². The number of hydrogen-bond donors (Lipinski definition) is 3. The van der Waals surface area contributed by atoms with Gasteiger partial charge in [0.05, 0.1) is 5.92 Å². The first kappa shape index (κ1) is 17.3. The van der Waals surface area contributed by atoms with Crippen molar-refractivity contribution in [1.82, 2.24) is 10.6 Å². The normalized spacial score (nSPS) is 24.0. The molecule has 6 heteroatoms. The van der Waals surface area contributed by atoms with E-state index in [1.165, 1.54) is 5.56 Å². The lowest BCUT2D eigenvalue weighted by Gasteiger charge is -2.25. The minimum Gasteiger partial charge on any atom is -0.326 e. The van der Waals surface area contributed by atoms with E-state index in [0.29, 0.717) is 11.3 Å². The molecule has 0 spiro atoms. The van der Waals surface area contributed by atoms with Gasteiger partial charge >= 0.3 is 6.03 Å². The Morgan fingerprint density at radius 1 is 1.15 bits per heavy atom. The van der Waals surface area contributed by atoms with Gasteiger partial charge in [0.1, 0.15) is 5.54 Å². The average Bonchev–Trinajstić information content (AvgIpc) is 2.94. The van der Waals surface area contributed by atoms with Crippen LogP contribution in [0.2, 0.25) is 0 Å². The highest BCUT2D eigenvalue weighted by atomic mass is 16.2. The van der Waals surface area contributed by atoms with E-state index in [2.05, 4.69) is 22.0 Å². The zero-order valence-electron chi connectivity index (χ0n) is 15.0. The van der Waals surface area contributed by atoms with E-state index in [4.69, 9.17) is 0 Å². The molecule has 138 valence electrons. The van der Waals surface area contributed by atoms with E-state index in [9.17, 15) is 14.4 Å². The Morgan fingerprint density at radius 2 is 1.96 bits per heavy atom. The van der Waals surface area contributed by atoms with Crippen LogP contribution in [0.3, 0.4) is 0 Å². The number of imide groups is 1. The van der Waals surface area contributed by atoms with Crippen LogP contribution in [0.25, 0.3) is 0 Å². The largest absolute Gasteiger partial charge is 0.326 e. The summed E-state index contributed by atoms with van der Waals surface area (Å²) in [5.74, 6) is -0.634. The highest BCUT2D eigenvalue weighted by Crippen LogP contribution is 2.33. The van der Waals surface area contributed by atoms with Crippen LogP contribution in [0.4, 0.5) is 10.5 Å². The molecule has 2 aromatic carbocycles. The maximum absolute atomic E-state index is 12.9. The first-order chi connectivity index (χ1) is 13.0. The molecule has 6 nitrogen and oxygen atoms in total. The molecule has 0 aromatic heterocycles. The van der Waals surface area contributed by atoms with Gasteiger partial charge in [0.15, 0.2) is 0 Å². The summed E-state index contributed by atoms with van der Waals surface area (Å²) in [6, 6.07) is 14.6. The number of aryl methyl sites for hydroxylation is 1. The predicted molar refractivity (Wildman–Crippen MR) is 101 cm³/mol. The topological polar surface area (TPSA) is 87.3 Å². The molecular formula is C21H21N3O3. The molecule has 2 aliphatic rings. The fourth-order valence-electron chi connectivity index (χ4n) is 3.91. The summed E-state index contributed by atoms with van der Waals surface area (Å²) < 4.78 is 0. The molecule has 1 heterocycles. The molecule has 0 radical (unpaired) electrons. The summed E-state index contributed by atoms with van der Waals surface area (Å²) in [7, 11) is 0. The highest BCUT2D eigenvalue weighted by molar-refractivity contribution is 6.07. The summed E-state index contributed by atoms with van der Waals surface area (Å²) in [5.41, 5.74) is 2.40. The number of carbonyl (C=O) groups is 3. The molecule has 1 aliphatic carbocycles. The molecule has 0 unspecified atom stereocenters. The van der Waals surface area contributed by atoms with Gasteiger partial charge in [-0.05, 0) is 55.0 Å². The maximum atomic E-state index is 12.9. The Hall–Kier alpha value is -3.15. The van der Waals surface area contributed by atoms with Gasteiger partial charge in [0.2, 0.25) is 5.91 Å². The summed E-state index contributed by atoms with van der Waals surface area (Å²) >= 11 is 0. The Balaban J connectivity index is 1.57. The molecule has 4 amide bonds. The van der Waals surface area contributed by atoms with Gasteiger partial charge in [0, 0.05) is 5.69 Å². The van der Waals surface area contributed by atoms with Gasteiger partial charge in [-0.2, -0.15) is 0 Å². The number of benzene rings is 2. The van der Waals surface area contributed by atoms with Gasteiger partial charge < -0.3 is 10.6 Å². The van der Waals surface area contributed by atoms with Crippen molar-refractivity contribution in [3.05, 3.63) is 65.2 Å². The van der Waals surface area contributed by atoms with Crippen LogP contribution < -0.4 is 16.0 Å². The summed E-state index contributed by atoms with van der Waals surface area (Å²) in [4.78, 5) is 36.6. The lowest BCUT2D eigenvalue weighted by Crippen LogP contribution is -2.40. The van der Waals surface area contributed by atoms with Crippen LogP contribution >= 0.6 is 0 Å². The van der Waals surface area contributed by atoms with Crippen molar-refractivity contribution in [2.24, 2.45) is 0 Å². The maximum Gasteiger partial charge on any atom is 0.322 e. The molecule has 3 N–H and O–H groups in total. The smallest absolute Gasteiger partial charge is 0.322 e. The number of hydrogen-bond acceptors (Lipinski definition) is 3. The van der Waals surface area contributed by atoms with Gasteiger partial charge in [-0.3, -0.25) is 14.9 Å². The monoisotopic (exact) mass is 363 g/mol. The quantitative estimate of drug-likeness (QED) is 0.733. The van der Waals surface area contributed by atoms with Crippen molar-refractivity contribution in [3.63, 3.8) is 0 Å². The van der Waals surface area contributed by atoms with E-state index in [1.54, 1.807) is 31.2 Å². The van der Waals surface area contributed by atoms with Crippen LogP contribution in [0.15, 0.2) is 48.5 Å². The van der Waals surface area contributed by atoms with Gasteiger partial charge in [-0.25, -0.2) is 4.79 Å². The number of fused-ring (bicyclic) bond motifs is 1. The Kier molecular flexibility index (Phi) is 4.18. The van der Waals surface area contributed by atoms with Crippen molar-refractivity contribution < 1.29 is 14.4 Å². The molecule has 2 aromatic rings. The van der Waals surface area contributed by atoms with Crippen LogP contribution in [-0.4, -0.2) is 17.8 Å². The lowest BCUT2D eigenvalue weighted by molar-refractivity contribution is -0.123. The van der Waals surface area contributed by atoms with Crippen molar-refractivity contribution >= 4 is 23.5 Å². The van der Waals surface area contributed by atoms with E-state index < -0.39 is 17.5 Å². The summed E-state index contributed by atoms with van der Waals surface area (Å²) in [6.45, 7) is 1.64. The minimum absolute atomic E-state index is 0.0515. The third-order valence-electron chi connectivity index (χ3n) is 5.44. The van der Waals surface area contributed by atoms with Crippen molar-refractivity contribution in [2.45, 2.75) is 37.6 Å². The van der Waals surface area contributed by atoms with Crippen molar-refractivity contribution in [1.29, 1.82) is 0 Å². The number of carbonyl (C=O) groups excluding carboxylic acids is 3. The second-order valence-corrected chi connectivity index (χ2v) is 7.25. The fraction of sp³-hybridized carbons (Fsp3) is 0.286. The van der Waals surface area contributed by atoms with E-state index in [0.717, 1.165) is 24.8 Å². The molecule has 0 bridgehead atoms. The van der Waals surface area contributed by atoms with Crippen LogP contribution in [-0.2, 0) is 21.5 Å². The third-order valence-corrected chi connectivity index (χ3v) is 5.44. The third kappa shape index (κ3) is 3.07. The van der Waals surface area contributed by atoms with Crippen LogP contribution in [0.5, 0.6) is 0 Å². The van der Waals surface area contributed by atoms with Gasteiger partial charge in [-0.15, -0.1) is 0 Å². The molecule has 1 fully saturated rings. The Morgan fingerprint density at radius 3 is 2.74 bits per heavy atom. The predicted octanol–water partition coefficient (Wildman–Crippen LogP) is 2.80. The number of nitrogens with one attached hydrogen (secondary N) is 3.